The van der Waals surface area contributed by atoms with Crippen LogP contribution in [-0.4, -0.2) is 33.6 Å². The average molecular weight is 491 g/mol. The number of piperidine rings is 1. The fourth-order valence-electron chi connectivity index (χ4n) is 5.41. The first-order valence-electron chi connectivity index (χ1n) is 11.2. The third kappa shape index (κ3) is 3.70. The molecular weight excluding hydrogens is 463 g/mol. The average Bonchev–Trinajstić information content (AvgIpc) is 3.37. The molecule has 2 aromatic heterocycles. The lowest BCUT2D eigenvalue weighted by Gasteiger charge is -2.43. The van der Waals surface area contributed by atoms with Gasteiger partial charge in [-0.3, -0.25) is 4.40 Å². The van der Waals surface area contributed by atoms with Crippen LogP contribution >= 0.6 is 35.0 Å². The monoisotopic (exact) mass is 490 g/mol. The molecule has 5 nitrogen and oxygen atoms in total. The Kier molecular flexibility index (Phi) is 6.10. The number of nitrogens with two attached hydrogens (primary N) is 1. The summed E-state index contributed by atoms with van der Waals surface area (Å²) in [4.78, 5) is 9.03. The van der Waals surface area contributed by atoms with Crippen molar-refractivity contribution in [3.8, 4) is 0 Å². The van der Waals surface area contributed by atoms with E-state index in [1.54, 1.807) is 24.0 Å². The molecule has 8 heteroatoms. The quantitative estimate of drug-likeness (QED) is 0.491. The molecule has 1 aliphatic heterocycles. The van der Waals surface area contributed by atoms with E-state index >= 15 is 0 Å². The van der Waals surface area contributed by atoms with Crippen molar-refractivity contribution in [3.63, 3.8) is 0 Å². The minimum atomic E-state index is -0.0676. The van der Waals surface area contributed by atoms with Crippen LogP contribution in [0.15, 0.2) is 40.3 Å². The molecule has 1 unspecified atom stereocenters. The van der Waals surface area contributed by atoms with Gasteiger partial charge in [0.15, 0.2) is 5.65 Å². The van der Waals surface area contributed by atoms with E-state index in [2.05, 4.69) is 22.3 Å². The highest BCUT2D eigenvalue weighted by Crippen LogP contribution is 2.47. The molecule has 3 aromatic rings. The number of hydrogen-bond donors (Lipinski definition) is 2. The van der Waals surface area contributed by atoms with Gasteiger partial charge in [0.2, 0.25) is 0 Å². The lowest BCUT2D eigenvalue weighted by Crippen LogP contribution is -2.47. The molecule has 0 bridgehead atoms. The highest BCUT2D eigenvalue weighted by molar-refractivity contribution is 7.99. The fourth-order valence-corrected chi connectivity index (χ4v) is 6.91. The van der Waals surface area contributed by atoms with Gasteiger partial charge in [-0.25, -0.2) is 4.98 Å². The first kappa shape index (κ1) is 22.4. The van der Waals surface area contributed by atoms with E-state index in [9.17, 15) is 5.11 Å². The maximum Gasteiger partial charge on any atom is 0.152 e. The predicted molar refractivity (Wildman–Crippen MR) is 132 cm³/mol. The number of halogens is 2. The molecule has 1 saturated carbocycles. The number of pyridine rings is 1. The van der Waals surface area contributed by atoms with E-state index in [0.717, 1.165) is 64.9 Å². The second-order valence-electron chi connectivity index (χ2n) is 9.08. The van der Waals surface area contributed by atoms with Gasteiger partial charge in [0.1, 0.15) is 5.82 Å². The van der Waals surface area contributed by atoms with Crippen molar-refractivity contribution in [2.45, 2.75) is 61.5 Å². The summed E-state index contributed by atoms with van der Waals surface area (Å²) in [5.41, 5.74) is 9.55. The van der Waals surface area contributed by atoms with E-state index in [0.29, 0.717) is 21.5 Å². The van der Waals surface area contributed by atoms with Crippen LogP contribution in [0.4, 0.5) is 5.82 Å². The van der Waals surface area contributed by atoms with Crippen molar-refractivity contribution in [2.24, 2.45) is 11.1 Å². The van der Waals surface area contributed by atoms with Gasteiger partial charge >= 0.3 is 0 Å². The first-order chi connectivity index (χ1) is 15.4. The zero-order valence-electron chi connectivity index (χ0n) is 18.2. The highest BCUT2D eigenvalue weighted by atomic mass is 35.5. The normalized spacial score (nSPS) is 20.5. The van der Waals surface area contributed by atoms with Gasteiger partial charge in [0, 0.05) is 24.0 Å². The summed E-state index contributed by atoms with van der Waals surface area (Å²) >= 11 is 14.3. The maximum absolute atomic E-state index is 10.0. The Hall–Kier alpha value is -1.44. The third-order valence-electron chi connectivity index (χ3n) is 7.32. The second-order valence-corrected chi connectivity index (χ2v) is 10.9. The van der Waals surface area contributed by atoms with Crippen LogP contribution in [0, 0.1) is 12.3 Å². The van der Waals surface area contributed by atoms with Gasteiger partial charge in [-0.05, 0) is 61.8 Å². The predicted octanol–water partition coefficient (Wildman–Crippen LogP) is 5.69. The molecule has 3 heterocycles. The van der Waals surface area contributed by atoms with E-state index in [1.807, 2.05) is 12.1 Å². The zero-order chi connectivity index (χ0) is 22.5. The van der Waals surface area contributed by atoms with Crippen molar-refractivity contribution < 1.29 is 5.11 Å². The number of aliphatic hydroxyl groups is 1. The van der Waals surface area contributed by atoms with Crippen LogP contribution in [0.25, 0.3) is 5.65 Å². The molecule has 0 radical (unpaired) electrons. The molecule has 1 aliphatic carbocycles. The zero-order valence-corrected chi connectivity index (χ0v) is 20.5. The Morgan fingerprint density at radius 3 is 2.72 bits per heavy atom. The molecular formula is C24H28Cl2N4OS. The summed E-state index contributed by atoms with van der Waals surface area (Å²) in [7, 11) is 0. The van der Waals surface area contributed by atoms with Crippen molar-refractivity contribution in [2.75, 3.05) is 18.0 Å². The third-order valence-corrected chi connectivity index (χ3v) is 9.52. The van der Waals surface area contributed by atoms with Gasteiger partial charge in [0.05, 0.1) is 33.4 Å². The number of imidazole rings is 1. The molecule has 3 N–H and O–H groups in total. The van der Waals surface area contributed by atoms with Crippen LogP contribution in [0.1, 0.15) is 43.4 Å². The summed E-state index contributed by atoms with van der Waals surface area (Å²) in [6.45, 7) is 3.98. The maximum atomic E-state index is 10.0. The number of aryl methyl sites for hydroxylation is 1. The van der Waals surface area contributed by atoms with Gasteiger partial charge in [-0.15, -0.1) is 0 Å². The van der Waals surface area contributed by atoms with Crippen LogP contribution in [0.2, 0.25) is 10.0 Å². The molecule has 32 heavy (non-hydrogen) atoms. The molecule has 1 saturated heterocycles. The van der Waals surface area contributed by atoms with Crippen LogP contribution < -0.4 is 10.6 Å². The number of fused-ring (bicyclic) bond motifs is 1. The molecule has 2 aliphatic rings. The van der Waals surface area contributed by atoms with Crippen molar-refractivity contribution in [1.29, 1.82) is 0 Å². The smallest absolute Gasteiger partial charge is 0.152 e. The molecule has 1 spiro atoms. The van der Waals surface area contributed by atoms with Gasteiger partial charge in [-0.1, -0.05) is 47.5 Å². The van der Waals surface area contributed by atoms with E-state index in [4.69, 9.17) is 33.9 Å². The van der Waals surface area contributed by atoms with Gasteiger partial charge in [0.25, 0.3) is 0 Å². The molecule has 5 rings (SSSR count). The number of nitrogens with zero attached hydrogens (tertiary/aromatic N) is 3. The lowest BCUT2D eigenvalue weighted by atomic mass is 9.74. The summed E-state index contributed by atoms with van der Waals surface area (Å²) in [6, 6.07) is 8.20. The van der Waals surface area contributed by atoms with Crippen LogP contribution in [-0.2, 0) is 6.61 Å². The van der Waals surface area contributed by atoms with Crippen molar-refractivity contribution >= 4 is 46.4 Å². The van der Waals surface area contributed by atoms with Crippen molar-refractivity contribution in [1.82, 2.24) is 9.38 Å². The van der Waals surface area contributed by atoms with Crippen LogP contribution in [0.5, 0.6) is 0 Å². The molecule has 170 valence electrons. The Labute approximate surface area is 202 Å². The summed E-state index contributed by atoms with van der Waals surface area (Å²) in [6.07, 6.45) is 7.65. The Bertz CT molecular complexity index is 1160. The highest BCUT2D eigenvalue weighted by Gasteiger charge is 2.43. The van der Waals surface area contributed by atoms with E-state index in [-0.39, 0.29) is 6.61 Å². The van der Waals surface area contributed by atoms with Gasteiger partial charge < -0.3 is 15.7 Å². The first-order valence-corrected chi connectivity index (χ1v) is 12.7. The van der Waals surface area contributed by atoms with E-state index in [1.165, 1.54) is 12.8 Å². The minimum Gasteiger partial charge on any atom is -0.390 e. The standard InChI is InChI=1S/C24H28Cl2N4OS/c1-15-12-20(29-10-8-24(9-11-29)7-3-6-19(24)27)30-16(14-31)13-28-23(30)22(15)32-18-5-2-4-17(25)21(18)26/h2,4-5,12-13,19,31H,3,6-11,14,27H2,1H3. The summed E-state index contributed by atoms with van der Waals surface area (Å²) in [5.74, 6) is 1.09. The summed E-state index contributed by atoms with van der Waals surface area (Å²) in [5, 5.41) is 11.1. The van der Waals surface area contributed by atoms with E-state index < -0.39 is 0 Å². The number of aromatic nitrogens is 2. The molecule has 0 amide bonds. The minimum absolute atomic E-state index is 0.0676. The fraction of sp³-hybridized carbons (Fsp3) is 0.458. The Morgan fingerprint density at radius 1 is 1.25 bits per heavy atom. The number of rotatable bonds is 4. The number of anilines is 1. The number of hydrogen-bond acceptors (Lipinski definition) is 5. The summed E-state index contributed by atoms with van der Waals surface area (Å²) < 4.78 is 2.10. The Morgan fingerprint density at radius 2 is 2.03 bits per heavy atom. The largest absolute Gasteiger partial charge is 0.390 e. The molecule has 1 atom stereocenters. The molecule has 2 fully saturated rings. The number of benzene rings is 1. The lowest BCUT2D eigenvalue weighted by molar-refractivity contribution is 0.197. The number of aliphatic hydroxyl groups excluding tert-OH is 1. The molecule has 1 aromatic carbocycles. The SMILES string of the molecule is Cc1cc(N2CCC3(CCCC3N)CC2)n2c(CO)cnc2c1Sc1cccc(Cl)c1Cl. The second kappa shape index (κ2) is 8.73. The Balaban J connectivity index is 1.53. The topological polar surface area (TPSA) is 66.8 Å². The van der Waals surface area contributed by atoms with Crippen molar-refractivity contribution in [3.05, 3.63) is 51.8 Å². The van der Waals surface area contributed by atoms with Crippen LogP contribution in [0.3, 0.4) is 0 Å². The van der Waals surface area contributed by atoms with Gasteiger partial charge in [-0.2, -0.15) is 0 Å².